The first kappa shape index (κ1) is 78.3. The van der Waals surface area contributed by atoms with E-state index in [2.05, 4.69) is 118 Å². The van der Waals surface area contributed by atoms with Gasteiger partial charge in [0.15, 0.2) is 6.10 Å². The van der Waals surface area contributed by atoms with E-state index in [1.54, 1.807) is 0 Å². The third kappa shape index (κ3) is 67.1. The second-order valence-corrected chi connectivity index (χ2v) is 23.4. The highest BCUT2D eigenvalue weighted by Crippen LogP contribution is 2.17. The molecule has 0 bridgehead atoms. The Labute approximate surface area is 508 Å². The summed E-state index contributed by atoms with van der Waals surface area (Å²) in [6.45, 7) is 6.52. The van der Waals surface area contributed by atoms with Crippen molar-refractivity contribution < 1.29 is 28.6 Å². The van der Waals surface area contributed by atoms with Crippen molar-refractivity contribution in [3.8, 4) is 0 Å². The summed E-state index contributed by atoms with van der Waals surface area (Å²) in [5.41, 5.74) is 0. The van der Waals surface area contributed by atoms with Crippen molar-refractivity contribution in [2.75, 3.05) is 13.2 Å². The zero-order chi connectivity index (χ0) is 59.2. The fourth-order valence-corrected chi connectivity index (χ4v) is 10.1. The highest BCUT2D eigenvalue weighted by atomic mass is 16.6. The number of carbonyl (C=O) groups excluding carboxylic acids is 3. The predicted molar refractivity (Wildman–Crippen MR) is 357 cm³/mol. The van der Waals surface area contributed by atoms with Gasteiger partial charge in [0, 0.05) is 19.3 Å². The molecule has 0 aromatic heterocycles. The van der Waals surface area contributed by atoms with Gasteiger partial charge in [0.1, 0.15) is 13.2 Å². The molecule has 0 saturated heterocycles. The summed E-state index contributed by atoms with van der Waals surface area (Å²) in [4.78, 5) is 38.2. The number of allylic oxidation sites excluding steroid dienone is 16. The molecular weight excluding hydrogens is 1010 g/mol. The Morgan fingerprint density at radius 3 is 0.744 bits per heavy atom. The Balaban J connectivity index is 4.06. The molecule has 0 aliphatic carbocycles. The first-order valence-electron chi connectivity index (χ1n) is 35.2. The van der Waals surface area contributed by atoms with Crippen LogP contribution in [-0.2, 0) is 28.6 Å². The lowest BCUT2D eigenvalue weighted by Gasteiger charge is -2.18. The highest BCUT2D eigenvalue weighted by Gasteiger charge is 2.19. The lowest BCUT2D eigenvalue weighted by molar-refractivity contribution is -0.167. The third-order valence-corrected chi connectivity index (χ3v) is 15.3. The standard InChI is InChI=1S/C76H132O6/c1-4-7-10-13-16-19-21-23-25-27-29-31-32-33-34-35-36-37-38-39-40-41-42-43-44-46-47-49-51-53-55-57-60-63-66-69-75(78)81-72-73(71-80-74(77)68-65-62-59-18-15-12-9-6-3)82-76(79)70-67-64-61-58-56-54-52-50-48-45-30-28-26-24-22-20-17-14-11-8-5-2/h7,10,16,19,22-25,28-31,33-34,36-37,73H,4-6,8-9,11-15,17-18,20-21,26-27,32,35,38-72H2,1-3H3/b10-7-,19-16-,24-22-,25-23-,30-28-,31-29-,34-33-,37-36-. The minimum absolute atomic E-state index is 0.0743. The largest absolute Gasteiger partial charge is 0.462 e. The first-order valence-corrected chi connectivity index (χ1v) is 35.2. The van der Waals surface area contributed by atoms with Gasteiger partial charge in [-0.1, -0.05) is 323 Å². The Morgan fingerprint density at radius 1 is 0.256 bits per heavy atom. The molecule has 6 heteroatoms. The number of hydrogen-bond donors (Lipinski definition) is 0. The average molecular weight is 1140 g/mol. The monoisotopic (exact) mass is 1140 g/mol. The van der Waals surface area contributed by atoms with Gasteiger partial charge in [-0.2, -0.15) is 0 Å². The van der Waals surface area contributed by atoms with Crippen molar-refractivity contribution in [1.29, 1.82) is 0 Å². The summed E-state index contributed by atoms with van der Waals surface area (Å²) in [5, 5.41) is 0. The van der Waals surface area contributed by atoms with E-state index in [1.807, 2.05) is 0 Å². The molecule has 0 amide bonds. The van der Waals surface area contributed by atoms with Crippen molar-refractivity contribution in [2.24, 2.45) is 0 Å². The zero-order valence-corrected chi connectivity index (χ0v) is 54.2. The maximum Gasteiger partial charge on any atom is 0.306 e. The van der Waals surface area contributed by atoms with Gasteiger partial charge in [-0.15, -0.1) is 0 Å². The molecule has 0 aromatic carbocycles. The van der Waals surface area contributed by atoms with Crippen molar-refractivity contribution in [3.63, 3.8) is 0 Å². The summed E-state index contributed by atoms with van der Waals surface area (Å²) in [5.74, 6) is -0.867. The SMILES string of the molecule is CC/C=C\C/C=C\C/C=C\C/C=C\C/C=C\C/C=C\CCCCCCCCCCCCCCCCCCC(=O)OCC(COC(=O)CCCCCCCCCC)OC(=O)CCCCCCCCCCC/C=C\C/C=C\CCCCCCC. The van der Waals surface area contributed by atoms with Gasteiger partial charge >= 0.3 is 17.9 Å². The van der Waals surface area contributed by atoms with Crippen molar-refractivity contribution in [1.82, 2.24) is 0 Å². The molecule has 1 unspecified atom stereocenters. The van der Waals surface area contributed by atoms with E-state index in [9.17, 15) is 14.4 Å². The van der Waals surface area contributed by atoms with Crippen LogP contribution in [0.1, 0.15) is 348 Å². The second-order valence-electron chi connectivity index (χ2n) is 23.4. The lowest BCUT2D eigenvalue weighted by Crippen LogP contribution is -2.30. The zero-order valence-electron chi connectivity index (χ0n) is 54.2. The van der Waals surface area contributed by atoms with Crippen LogP contribution < -0.4 is 0 Å². The second kappa shape index (κ2) is 69.8. The van der Waals surface area contributed by atoms with E-state index >= 15 is 0 Å². The molecule has 0 spiro atoms. The number of ether oxygens (including phenoxy) is 3. The Morgan fingerprint density at radius 2 is 0.476 bits per heavy atom. The molecule has 0 aromatic rings. The van der Waals surface area contributed by atoms with Crippen LogP contribution in [0.3, 0.4) is 0 Å². The van der Waals surface area contributed by atoms with E-state index in [-0.39, 0.29) is 31.1 Å². The molecule has 0 aliphatic heterocycles. The molecule has 0 N–H and O–H groups in total. The van der Waals surface area contributed by atoms with Crippen molar-refractivity contribution >= 4 is 17.9 Å². The molecule has 6 nitrogen and oxygen atoms in total. The van der Waals surface area contributed by atoms with Gasteiger partial charge in [0.05, 0.1) is 0 Å². The molecule has 0 rings (SSSR count). The third-order valence-electron chi connectivity index (χ3n) is 15.3. The van der Waals surface area contributed by atoms with Crippen LogP contribution >= 0.6 is 0 Å². The number of unbranched alkanes of at least 4 members (excludes halogenated alkanes) is 37. The summed E-state index contributed by atoms with van der Waals surface area (Å²) >= 11 is 0. The number of carbonyl (C=O) groups is 3. The smallest absolute Gasteiger partial charge is 0.306 e. The fraction of sp³-hybridized carbons (Fsp3) is 0.750. The topological polar surface area (TPSA) is 78.9 Å². The quantitative estimate of drug-likeness (QED) is 0.0261. The van der Waals surface area contributed by atoms with E-state index in [4.69, 9.17) is 14.2 Å². The number of rotatable bonds is 64. The number of hydrogen-bond acceptors (Lipinski definition) is 6. The van der Waals surface area contributed by atoms with Crippen molar-refractivity contribution in [2.45, 2.75) is 354 Å². The van der Waals surface area contributed by atoms with Gasteiger partial charge in [-0.3, -0.25) is 14.4 Å². The van der Waals surface area contributed by atoms with Crippen LogP contribution in [0.5, 0.6) is 0 Å². The van der Waals surface area contributed by atoms with Crippen LogP contribution in [-0.4, -0.2) is 37.2 Å². The molecule has 82 heavy (non-hydrogen) atoms. The Bertz CT molecular complexity index is 1590. The van der Waals surface area contributed by atoms with Gasteiger partial charge in [0.25, 0.3) is 0 Å². The van der Waals surface area contributed by atoms with Crippen LogP contribution in [0.4, 0.5) is 0 Å². The van der Waals surface area contributed by atoms with E-state index in [0.717, 1.165) is 103 Å². The average Bonchev–Trinajstić information content (AvgIpc) is 3.47. The fourth-order valence-electron chi connectivity index (χ4n) is 10.1. The minimum Gasteiger partial charge on any atom is -0.462 e. The maximum absolute atomic E-state index is 12.9. The van der Waals surface area contributed by atoms with Crippen LogP contribution in [0.15, 0.2) is 97.2 Å². The molecular formula is C76H132O6. The summed E-state index contributed by atoms with van der Waals surface area (Å²) in [6.07, 6.45) is 94.6. The van der Waals surface area contributed by atoms with E-state index in [1.165, 1.54) is 205 Å². The summed E-state index contributed by atoms with van der Waals surface area (Å²) in [6, 6.07) is 0. The molecule has 0 fully saturated rings. The van der Waals surface area contributed by atoms with Crippen LogP contribution in [0.25, 0.3) is 0 Å². The van der Waals surface area contributed by atoms with Crippen LogP contribution in [0, 0.1) is 0 Å². The molecule has 0 radical (unpaired) electrons. The summed E-state index contributed by atoms with van der Waals surface area (Å²) < 4.78 is 16.9. The van der Waals surface area contributed by atoms with Gasteiger partial charge in [-0.05, 0) is 103 Å². The normalized spacial score (nSPS) is 12.7. The van der Waals surface area contributed by atoms with E-state index in [0.29, 0.717) is 19.3 Å². The van der Waals surface area contributed by atoms with Crippen LogP contribution in [0.2, 0.25) is 0 Å². The Kier molecular flexibility index (Phi) is 66.7. The highest BCUT2D eigenvalue weighted by molar-refractivity contribution is 5.71. The first-order chi connectivity index (χ1) is 40.5. The minimum atomic E-state index is -0.776. The van der Waals surface area contributed by atoms with Crippen molar-refractivity contribution in [3.05, 3.63) is 97.2 Å². The summed E-state index contributed by atoms with van der Waals surface area (Å²) in [7, 11) is 0. The number of esters is 3. The molecule has 0 saturated carbocycles. The lowest BCUT2D eigenvalue weighted by atomic mass is 10.0. The van der Waals surface area contributed by atoms with Gasteiger partial charge in [-0.25, -0.2) is 0 Å². The van der Waals surface area contributed by atoms with Gasteiger partial charge < -0.3 is 14.2 Å². The molecule has 472 valence electrons. The Hall–Kier alpha value is -3.67. The van der Waals surface area contributed by atoms with Gasteiger partial charge in [0.2, 0.25) is 0 Å². The molecule has 1 atom stereocenters. The van der Waals surface area contributed by atoms with E-state index < -0.39 is 6.10 Å². The predicted octanol–water partition coefficient (Wildman–Crippen LogP) is 24.4. The molecule has 0 aliphatic rings. The molecule has 0 heterocycles. The maximum atomic E-state index is 12.9.